The van der Waals surface area contributed by atoms with Crippen LogP contribution in [0, 0.1) is 0 Å². The van der Waals surface area contributed by atoms with E-state index in [4.69, 9.17) is 0 Å². The summed E-state index contributed by atoms with van der Waals surface area (Å²) in [7, 11) is 0. The smallest absolute Gasteiger partial charge is 0.243 e. The lowest BCUT2D eigenvalue weighted by Crippen LogP contribution is -2.58. The van der Waals surface area contributed by atoms with Crippen LogP contribution >= 0.6 is 0 Å². The minimum absolute atomic E-state index is 0.0571. The molecule has 1 rings (SSSR count). The van der Waals surface area contributed by atoms with Crippen molar-refractivity contribution < 1.29 is 59.7 Å². The third kappa shape index (κ3) is 17.0. The third-order valence-corrected chi connectivity index (χ3v) is 7.17. The first kappa shape index (κ1) is 42.5. The third-order valence-electron chi connectivity index (χ3n) is 7.17. The van der Waals surface area contributed by atoms with Gasteiger partial charge in [0.1, 0.15) is 36.8 Å². The summed E-state index contributed by atoms with van der Waals surface area (Å²) in [4.78, 5) is 77.2. The predicted molar refractivity (Wildman–Crippen MR) is 163 cm³/mol. The van der Waals surface area contributed by atoms with E-state index < -0.39 is 91.9 Å². The van der Waals surface area contributed by atoms with Gasteiger partial charge < -0.3 is 62.8 Å². The van der Waals surface area contributed by atoms with E-state index in [2.05, 4.69) is 31.9 Å². The zero-order valence-electron chi connectivity index (χ0n) is 27.4. The Labute approximate surface area is 277 Å². The number of hydrogen-bond acceptors (Lipinski definition) is 15. The second-order valence-electron chi connectivity index (χ2n) is 11.3. The number of carbonyl (C=O) groups is 6. The van der Waals surface area contributed by atoms with Gasteiger partial charge in [0.25, 0.3) is 0 Å². The van der Waals surface area contributed by atoms with Crippen LogP contribution in [0.5, 0.6) is 0 Å². The van der Waals surface area contributed by atoms with Gasteiger partial charge in [-0.15, -0.1) is 0 Å². The molecule has 0 aromatic carbocycles. The summed E-state index contributed by atoms with van der Waals surface area (Å²) >= 11 is 0. The van der Waals surface area contributed by atoms with E-state index in [1.54, 1.807) is 0 Å². The van der Waals surface area contributed by atoms with Gasteiger partial charge in [0, 0.05) is 19.6 Å². The molecule has 0 bridgehead atoms. The first-order valence-corrected chi connectivity index (χ1v) is 15.6. The fourth-order valence-corrected chi connectivity index (χ4v) is 4.30. The van der Waals surface area contributed by atoms with Crippen LogP contribution < -0.4 is 31.9 Å². The van der Waals surface area contributed by atoms with Crippen molar-refractivity contribution in [3.8, 4) is 0 Å². The van der Waals surface area contributed by atoms with Crippen molar-refractivity contribution in [2.24, 2.45) is 0 Å². The standard InChI is InChI=1S/C27H51N9O12/c1-16(37)34(46)10-4-7-19-25(43)30-14-23(41)28-13-22(40)29-15-24(42)31-20(8-5-11-35(47)17(2)38)26(44)33-21(27(45)32-19)9-6-12-36(48)18(3)39/h16-21,37-39,46-48H,4-15H2,1-3H3,(H,28,41)(H,29,40)(H,30,43)(H,31,42)(H,32,45)(H,33,44). The largest absolute Gasteiger partial charge is 0.377 e. The maximum Gasteiger partial charge on any atom is 0.243 e. The van der Waals surface area contributed by atoms with Gasteiger partial charge in [-0.3, -0.25) is 28.8 Å². The van der Waals surface area contributed by atoms with E-state index in [9.17, 15) is 59.7 Å². The fraction of sp³-hybridized carbons (Fsp3) is 0.778. The second-order valence-corrected chi connectivity index (χ2v) is 11.3. The number of aliphatic hydroxyl groups excluding tert-OH is 3. The Hall–Kier alpha value is -3.54. The molecule has 0 radical (unpaired) electrons. The molecule has 21 nitrogen and oxygen atoms in total. The average Bonchev–Trinajstić information content (AvgIpc) is 3.02. The highest BCUT2D eigenvalue weighted by atomic mass is 16.5. The number of hydroxylamine groups is 6. The Kier molecular flexibility index (Phi) is 19.6. The summed E-state index contributed by atoms with van der Waals surface area (Å²) in [5.74, 6) is -4.77. The van der Waals surface area contributed by atoms with E-state index in [-0.39, 0.29) is 58.2 Å². The van der Waals surface area contributed by atoms with Gasteiger partial charge in [0.2, 0.25) is 35.4 Å². The van der Waals surface area contributed by atoms with Gasteiger partial charge in [0.15, 0.2) is 0 Å². The Morgan fingerprint density at radius 3 is 1.21 bits per heavy atom. The van der Waals surface area contributed by atoms with Crippen LogP contribution in [0.3, 0.4) is 0 Å². The Bertz CT molecular complexity index is 1050. The molecule has 0 saturated carbocycles. The molecule has 1 aliphatic rings. The number of amides is 6. The highest BCUT2D eigenvalue weighted by Crippen LogP contribution is 2.08. The van der Waals surface area contributed by atoms with Crippen molar-refractivity contribution in [3.63, 3.8) is 0 Å². The molecule has 6 atom stereocenters. The fourth-order valence-electron chi connectivity index (χ4n) is 4.30. The molecule has 0 spiro atoms. The molecule has 0 aromatic heterocycles. The molecule has 1 heterocycles. The number of nitrogens with one attached hydrogen (secondary N) is 6. The summed E-state index contributed by atoms with van der Waals surface area (Å²) in [5.41, 5.74) is 0. The summed E-state index contributed by atoms with van der Waals surface area (Å²) in [5, 5.41) is 74.3. The summed E-state index contributed by atoms with van der Waals surface area (Å²) < 4.78 is 0. The van der Waals surface area contributed by atoms with E-state index in [1.807, 2.05) is 0 Å². The quantitative estimate of drug-likeness (QED) is 0.0566. The summed E-state index contributed by atoms with van der Waals surface area (Å²) in [6, 6.07) is -3.95. The van der Waals surface area contributed by atoms with Crippen LogP contribution in [-0.4, -0.2) is 158 Å². The van der Waals surface area contributed by atoms with Crippen LogP contribution in [0.4, 0.5) is 0 Å². The molecule has 6 unspecified atom stereocenters. The number of carbonyl (C=O) groups excluding carboxylic acids is 6. The molecular formula is C27H51N9O12. The second kappa shape index (κ2) is 22.2. The van der Waals surface area contributed by atoms with Crippen molar-refractivity contribution in [2.75, 3.05) is 39.3 Å². The molecule has 48 heavy (non-hydrogen) atoms. The molecule has 0 aromatic rings. The summed E-state index contributed by atoms with van der Waals surface area (Å²) in [6.07, 6.45) is -3.73. The average molecular weight is 694 g/mol. The highest BCUT2D eigenvalue weighted by molar-refractivity contribution is 5.96. The lowest BCUT2D eigenvalue weighted by molar-refractivity contribution is -0.189. The van der Waals surface area contributed by atoms with Gasteiger partial charge in [0.05, 0.1) is 19.6 Å². The molecule has 1 fully saturated rings. The summed E-state index contributed by atoms with van der Waals surface area (Å²) in [6.45, 7) is 1.93. The van der Waals surface area contributed by atoms with Gasteiger partial charge in [-0.25, -0.2) is 0 Å². The number of aliphatic hydroxyl groups is 3. The van der Waals surface area contributed by atoms with Gasteiger partial charge in [-0.05, 0) is 59.3 Å². The van der Waals surface area contributed by atoms with E-state index in [0.29, 0.717) is 15.2 Å². The Morgan fingerprint density at radius 2 is 0.833 bits per heavy atom. The van der Waals surface area contributed by atoms with E-state index in [0.717, 1.165) is 0 Å². The lowest BCUT2D eigenvalue weighted by atomic mass is 10.1. The first-order chi connectivity index (χ1) is 22.5. The number of hydrogen-bond donors (Lipinski definition) is 12. The lowest BCUT2D eigenvalue weighted by Gasteiger charge is -2.27. The van der Waals surface area contributed by atoms with Crippen LogP contribution in [0.15, 0.2) is 0 Å². The topological polar surface area (TPSA) is 306 Å². The van der Waals surface area contributed by atoms with Crippen molar-refractivity contribution in [3.05, 3.63) is 0 Å². The van der Waals surface area contributed by atoms with Gasteiger partial charge >= 0.3 is 0 Å². The Morgan fingerprint density at radius 1 is 0.521 bits per heavy atom. The predicted octanol–water partition coefficient (Wildman–Crippen LogP) is -4.77. The first-order valence-electron chi connectivity index (χ1n) is 15.6. The normalized spacial score (nSPS) is 22.9. The van der Waals surface area contributed by atoms with Crippen LogP contribution in [0.1, 0.15) is 59.3 Å². The van der Waals surface area contributed by atoms with Crippen molar-refractivity contribution in [1.82, 2.24) is 47.1 Å². The minimum Gasteiger partial charge on any atom is -0.377 e. The van der Waals surface area contributed by atoms with Gasteiger partial charge in [-0.1, -0.05) is 0 Å². The van der Waals surface area contributed by atoms with Crippen molar-refractivity contribution >= 4 is 35.4 Å². The zero-order valence-corrected chi connectivity index (χ0v) is 27.4. The maximum atomic E-state index is 13.6. The molecule has 1 saturated heterocycles. The SMILES string of the molecule is CC(O)N(O)CCCC1NC(=O)CNC(=O)CNC(=O)CNC(=O)C(CCCN(O)C(C)O)NC(=O)C(CCCN(O)C(C)O)NC1=O. The Balaban J connectivity index is 3.34. The van der Waals surface area contributed by atoms with Crippen LogP contribution in [0.2, 0.25) is 0 Å². The maximum absolute atomic E-state index is 13.6. The number of nitrogens with zero attached hydrogens (tertiary/aromatic N) is 3. The molecule has 12 N–H and O–H groups in total. The van der Waals surface area contributed by atoms with Crippen LogP contribution in [0.25, 0.3) is 0 Å². The minimum atomic E-state index is -1.35. The van der Waals surface area contributed by atoms with E-state index >= 15 is 0 Å². The molecule has 276 valence electrons. The molecule has 21 heteroatoms. The highest BCUT2D eigenvalue weighted by Gasteiger charge is 2.30. The molecule has 6 amide bonds. The van der Waals surface area contributed by atoms with Gasteiger partial charge in [-0.2, -0.15) is 15.2 Å². The molecular weight excluding hydrogens is 642 g/mol. The molecule has 1 aliphatic heterocycles. The zero-order chi connectivity index (χ0) is 36.4. The monoisotopic (exact) mass is 693 g/mol. The van der Waals surface area contributed by atoms with Crippen LogP contribution in [-0.2, 0) is 28.8 Å². The van der Waals surface area contributed by atoms with E-state index in [1.165, 1.54) is 20.8 Å². The molecule has 0 aliphatic carbocycles. The van der Waals surface area contributed by atoms with Crippen molar-refractivity contribution in [1.29, 1.82) is 0 Å². The number of rotatable bonds is 15. The van der Waals surface area contributed by atoms with Crippen molar-refractivity contribution in [2.45, 2.75) is 96.1 Å².